The van der Waals surface area contributed by atoms with Gasteiger partial charge < -0.3 is 10.6 Å². The zero-order chi connectivity index (χ0) is 14.0. The molecule has 1 heterocycles. The summed E-state index contributed by atoms with van der Waals surface area (Å²) in [6.45, 7) is 4.81. The summed E-state index contributed by atoms with van der Waals surface area (Å²) < 4.78 is 0.808. The van der Waals surface area contributed by atoms with E-state index < -0.39 is 0 Å². The Labute approximate surface area is 123 Å². The minimum atomic E-state index is 0.166. The highest BCUT2D eigenvalue weighted by atomic mass is 35.5. The molecule has 0 spiro atoms. The number of likely N-dealkylation sites (N-methyl/N-ethyl adjacent to an activating group) is 1. The molecule has 0 aliphatic carbocycles. The van der Waals surface area contributed by atoms with Gasteiger partial charge in [0.2, 0.25) is 0 Å². The fourth-order valence-corrected chi connectivity index (χ4v) is 3.56. The maximum Gasteiger partial charge on any atom is 0.0932 e. The van der Waals surface area contributed by atoms with Crippen LogP contribution in [0.25, 0.3) is 0 Å². The second-order valence-electron chi connectivity index (χ2n) is 4.79. The van der Waals surface area contributed by atoms with Gasteiger partial charge in [0, 0.05) is 24.2 Å². The first-order valence-electron chi connectivity index (χ1n) is 6.28. The normalized spacial score (nSPS) is 12.5. The first-order valence-corrected chi connectivity index (χ1v) is 7.47. The lowest BCUT2D eigenvalue weighted by Crippen LogP contribution is -2.30. The second-order valence-corrected chi connectivity index (χ2v) is 6.54. The predicted octanol–water partition coefficient (Wildman–Crippen LogP) is 4.15. The summed E-state index contributed by atoms with van der Waals surface area (Å²) in [5.74, 6) is 0. The number of benzene rings is 1. The van der Waals surface area contributed by atoms with E-state index in [1.807, 2.05) is 6.07 Å². The number of nitrogens with zero attached hydrogens (tertiary/aromatic N) is 1. The van der Waals surface area contributed by atoms with E-state index in [0.717, 1.165) is 4.34 Å². The topological polar surface area (TPSA) is 29.3 Å². The molecule has 0 bridgehead atoms. The highest BCUT2D eigenvalue weighted by Crippen LogP contribution is 2.33. The smallest absolute Gasteiger partial charge is 0.0932 e. The lowest BCUT2D eigenvalue weighted by Gasteiger charge is -2.29. The van der Waals surface area contributed by atoms with Crippen LogP contribution < -0.4 is 10.6 Å². The average molecular weight is 295 g/mol. The predicted molar refractivity (Wildman–Crippen MR) is 85.4 cm³/mol. The van der Waals surface area contributed by atoms with Crippen molar-refractivity contribution in [2.24, 2.45) is 5.73 Å². The summed E-state index contributed by atoms with van der Waals surface area (Å²) in [4.78, 5) is 3.44. The lowest BCUT2D eigenvalue weighted by molar-refractivity contribution is 0.691. The molecule has 0 aliphatic rings. The van der Waals surface area contributed by atoms with Gasteiger partial charge in [-0.3, -0.25) is 0 Å². The fraction of sp³-hybridized carbons (Fsp3) is 0.333. The Bertz CT molecular complexity index is 565. The lowest BCUT2D eigenvalue weighted by atomic mass is 10.1. The Hall–Kier alpha value is -1.03. The molecule has 1 aromatic carbocycles. The standard InChI is InChI=1S/C15H19ClN2S/c1-10-4-5-12(11(2)8-10)18(3)13(9-17)14-6-7-15(16)19-14/h4-8,13H,9,17H2,1-3H3. The maximum atomic E-state index is 6.02. The van der Waals surface area contributed by atoms with Crippen LogP contribution >= 0.6 is 22.9 Å². The molecule has 0 amide bonds. The zero-order valence-corrected chi connectivity index (χ0v) is 13.1. The van der Waals surface area contributed by atoms with Gasteiger partial charge in [0.05, 0.1) is 10.4 Å². The zero-order valence-electron chi connectivity index (χ0n) is 11.5. The van der Waals surface area contributed by atoms with E-state index in [9.17, 15) is 0 Å². The van der Waals surface area contributed by atoms with E-state index in [2.05, 4.69) is 50.1 Å². The van der Waals surface area contributed by atoms with Gasteiger partial charge in [-0.1, -0.05) is 29.3 Å². The Morgan fingerprint density at radius 3 is 2.53 bits per heavy atom. The monoisotopic (exact) mass is 294 g/mol. The molecule has 1 aromatic heterocycles. The Morgan fingerprint density at radius 1 is 1.26 bits per heavy atom. The van der Waals surface area contributed by atoms with Crippen molar-refractivity contribution >= 4 is 28.6 Å². The van der Waals surface area contributed by atoms with Crippen molar-refractivity contribution in [3.63, 3.8) is 0 Å². The Kier molecular flexibility index (Phi) is 4.50. The molecule has 2 N–H and O–H groups in total. The molecule has 0 saturated heterocycles. The SMILES string of the molecule is Cc1ccc(N(C)C(CN)c2ccc(Cl)s2)c(C)c1. The number of halogens is 1. The van der Waals surface area contributed by atoms with Crippen molar-refractivity contribution in [1.29, 1.82) is 0 Å². The highest BCUT2D eigenvalue weighted by molar-refractivity contribution is 7.16. The second kappa shape index (κ2) is 5.95. The van der Waals surface area contributed by atoms with E-state index in [1.54, 1.807) is 11.3 Å². The summed E-state index contributed by atoms with van der Waals surface area (Å²) in [7, 11) is 2.09. The summed E-state index contributed by atoms with van der Waals surface area (Å²) >= 11 is 7.62. The molecule has 0 radical (unpaired) electrons. The third-order valence-electron chi connectivity index (χ3n) is 3.35. The summed E-state index contributed by atoms with van der Waals surface area (Å²) in [6, 6.07) is 10.6. The first kappa shape index (κ1) is 14.4. The number of thiophene rings is 1. The summed E-state index contributed by atoms with van der Waals surface area (Å²) in [5, 5.41) is 0. The molecular formula is C15H19ClN2S. The highest BCUT2D eigenvalue weighted by Gasteiger charge is 2.19. The van der Waals surface area contributed by atoms with Crippen LogP contribution in [0, 0.1) is 13.8 Å². The van der Waals surface area contributed by atoms with Gasteiger partial charge in [-0.15, -0.1) is 11.3 Å². The summed E-state index contributed by atoms with van der Waals surface area (Å²) in [6.07, 6.45) is 0. The molecule has 1 atom stereocenters. The van der Waals surface area contributed by atoms with Crippen LogP contribution in [0.2, 0.25) is 4.34 Å². The van der Waals surface area contributed by atoms with E-state index in [1.165, 1.54) is 21.7 Å². The molecule has 2 rings (SSSR count). The van der Waals surface area contributed by atoms with Crippen LogP contribution in [-0.4, -0.2) is 13.6 Å². The molecule has 2 nitrogen and oxygen atoms in total. The molecule has 0 fully saturated rings. The van der Waals surface area contributed by atoms with Crippen LogP contribution in [0.5, 0.6) is 0 Å². The van der Waals surface area contributed by atoms with Crippen LogP contribution in [0.4, 0.5) is 5.69 Å². The van der Waals surface area contributed by atoms with Crippen molar-refractivity contribution in [3.8, 4) is 0 Å². The molecule has 1 unspecified atom stereocenters. The van der Waals surface area contributed by atoms with Gasteiger partial charge in [-0.05, 0) is 37.6 Å². The number of anilines is 1. The molecule has 2 aromatic rings. The van der Waals surface area contributed by atoms with Crippen molar-refractivity contribution in [2.45, 2.75) is 19.9 Å². The molecule has 0 saturated carbocycles. The van der Waals surface area contributed by atoms with E-state index in [-0.39, 0.29) is 6.04 Å². The Balaban J connectivity index is 2.32. The van der Waals surface area contributed by atoms with E-state index in [4.69, 9.17) is 17.3 Å². The van der Waals surface area contributed by atoms with Gasteiger partial charge in [-0.2, -0.15) is 0 Å². The number of nitrogens with two attached hydrogens (primary N) is 1. The van der Waals surface area contributed by atoms with Crippen molar-refractivity contribution in [1.82, 2.24) is 0 Å². The van der Waals surface area contributed by atoms with Gasteiger partial charge in [0.1, 0.15) is 0 Å². The Morgan fingerprint density at radius 2 is 2.00 bits per heavy atom. The molecule has 4 heteroatoms. The molecule has 0 aliphatic heterocycles. The number of aryl methyl sites for hydroxylation is 2. The van der Waals surface area contributed by atoms with Gasteiger partial charge in [-0.25, -0.2) is 0 Å². The number of hydrogen-bond donors (Lipinski definition) is 1. The van der Waals surface area contributed by atoms with Crippen molar-refractivity contribution in [3.05, 3.63) is 50.7 Å². The molecule has 102 valence electrons. The van der Waals surface area contributed by atoms with Crippen molar-refractivity contribution < 1.29 is 0 Å². The maximum absolute atomic E-state index is 6.02. The van der Waals surface area contributed by atoms with Crippen LogP contribution in [-0.2, 0) is 0 Å². The van der Waals surface area contributed by atoms with Crippen LogP contribution in [0.1, 0.15) is 22.0 Å². The third kappa shape index (κ3) is 3.11. The molecule has 19 heavy (non-hydrogen) atoms. The first-order chi connectivity index (χ1) is 9.02. The minimum Gasteiger partial charge on any atom is -0.365 e. The number of rotatable bonds is 4. The van der Waals surface area contributed by atoms with Crippen LogP contribution in [0.15, 0.2) is 30.3 Å². The van der Waals surface area contributed by atoms with Gasteiger partial charge in [0.25, 0.3) is 0 Å². The molecular weight excluding hydrogens is 276 g/mol. The number of hydrogen-bond acceptors (Lipinski definition) is 3. The van der Waals surface area contributed by atoms with Gasteiger partial charge in [0.15, 0.2) is 0 Å². The average Bonchev–Trinajstić information content (AvgIpc) is 2.76. The van der Waals surface area contributed by atoms with Crippen molar-refractivity contribution in [2.75, 3.05) is 18.5 Å². The van der Waals surface area contributed by atoms with E-state index >= 15 is 0 Å². The third-order valence-corrected chi connectivity index (χ3v) is 4.68. The fourth-order valence-electron chi connectivity index (χ4n) is 2.34. The summed E-state index contributed by atoms with van der Waals surface area (Å²) in [5.41, 5.74) is 9.71. The minimum absolute atomic E-state index is 0.166. The van der Waals surface area contributed by atoms with Gasteiger partial charge >= 0.3 is 0 Å². The largest absolute Gasteiger partial charge is 0.365 e. The quantitative estimate of drug-likeness (QED) is 0.917. The van der Waals surface area contributed by atoms with E-state index in [0.29, 0.717) is 6.54 Å². The van der Waals surface area contributed by atoms with Crippen LogP contribution in [0.3, 0.4) is 0 Å².